The molecule has 2 N–H and O–H groups in total. The molecule has 0 saturated heterocycles. The SMILES string of the molecule is CCN(CC)S(=O)(=O)c1cccc(C(=O)N[C@H](C(=O)OC(C)C(=O)NCC(C)C)C(C)C)c1. The van der Waals surface area contributed by atoms with Crippen molar-refractivity contribution in [1.82, 2.24) is 14.9 Å². The van der Waals surface area contributed by atoms with Crippen molar-refractivity contribution >= 4 is 27.8 Å². The average molecular weight is 484 g/mol. The van der Waals surface area contributed by atoms with Gasteiger partial charge in [-0.15, -0.1) is 0 Å². The Balaban J connectivity index is 2.98. The summed E-state index contributed by atoms with van der Waals surface area (Å²) in [7, 11) is -3.74. The van der Waals surface area contributed by atoms with Crippen molar-refractivity contribution in [1.29, 1.82) is 0 Å². The molecule has 1 aromatic carbocycles. The van der Waals surface area contributed by atoms with Crippen molar-refractivity contribution in [3.63, 3.8) is 0 Å². The van der Waals surface area contributed by atoms with E-state index in [4.69, 9.17) is 4.74 Å². The lowest BCUT2D eigenvalue weighted by atomic mass is 10.0. The number of amides is 2. The molecular weight excluding hydrogens is 446 g/mol. The zero-order valence-corrected chi connectivity index (χ0v) is 21.4. The summed E-state index contributed by atoms with van der Waals surface area (Å²) in [5.41, 5.74) is 0.101. The van der Waals surface area contributed by atoms with Crippen LogP contribution in [0.3, 0.4) is 0 Å². The van der Waals surface area contributed by atoms with E-state index in [2.05, 4.69) is 10.6 Å². The van der Waals surface area contributed by atoms with Crippen LogP contribution >= 0.6 is 0 Å². The largest absolute Gasteiger partial charge is 0.451 e. The van der Waals surface area contributed by atoms with E-state index in [1.165, 1.54) is 35.5 Å². The van der Waals surface area contributed by atoms with Crippen LogP contribution < -0.4 is 10.6 Å². The summed E-state index contributed by atoms with van der Waals surface area (Å²) in [6.07, 6.45) is -1.02. The topological polar surface area (TPSA) is 122 Å². The Hall–Kier alpha value is -2.46. The lowest BCUT2D eigenvalue weighted by molar-refractivity contribution is -0.157. The molecule has 9 nitrogen and oxygen atoms in total. The van der Waals surface area contributed by atoms with Crippen LogP contribution in [0.4, 0.5) is 0 Å². The number of ether oxygens (including phenoxy) is 1. The lowest BCUT2D eigenvalue weighted by Crippen LogP contribution is -2.48. The van der Waals surface area contributed by atoms with E-state index < -0.39 is 40.0 Å². The Bertz CT molecular complexity index is 926. The summed E-state index contributed by atoms with van der Waals surface area (Å²) in [6, 6.07) is 4.65. The van der Waals surface area contributed by atoms with Gasteiger partial charge in [-0.05, 0) is 37.0 Å². The number of carbonyl (C=O) groups is 3. The van der Waals surface area contributed by atoms with Crippen LogP contribution in [0.2, 0.25) is 0 Å². The number of sulfonamides is 1. The minimum absolute atomic E-state index is 0.00188. The Labute approximate surface area is 197 Å². The number of hydrogen-bond donors (Lipinski definition) is 2. The standard InChI is InChI=1S/C23H37N3O6S/c1-8-26(9-2)33(30,31)19-12-10-11-18(13-19)22(28)25-20(16(5)6)23(29)32-17(7)21(27)24-14-15(3)4/h10-13,15-17,20H,8-9,14H2,1-7H3,(H,24,27)(H,25,28)/t17?,20-/m0/s1. The maximum atomic E-state index is 12.8. The highest BCUT2D eigenvalue weighted by atomic mass is 32.2. The summed E-state index contributed by atoms with van der Waals surface area (Å²) < 4.78 is 32.1. The van der Waals surface area contributed by atoms with E-state index >= 15 is 0 Å². The highest BCUT2D eigenvalue weighted by molar-refractivity contribution is 7.89. The van der Waals surface area contributed by atoms with E-state index in [9.17, 15) is 22.8 Å². The Morgan fingerprint density at radius 3 is 2.15 bits per heavy atom. The Kier molecular flexibility index (Phi) is 11.0. The molecule has 0 aliphatic rings. The van der Waals surface area contributed by atoms with Crippen LogP contribution in [0.25, 0.3) is 0 Å². The van der Waals surface area contributed by atoms with Gasteiger partial charge in [-0.1, -0.05) is 47.6 Å². The molecule has 0 saturated carbocycles. The molecule has 0 spiro atoms. The second-order valence-corrected chi connectivity index (χ2v) is 10.5. The van der Waals surface area contributed by atoms with Gasteiger partial charge in [0.1, 0.15) is 6.04 Å². The maximum absolute atomic E-state index is 12.8. The van der Waals surface area contributed by atoms with Gasteiger partial charge in [-0.2, -0.15) is 4.31 Å². The molecule has 1 rings (SSSR count). The van der Waals surface area contributed by atoms with Crippen LogP contribution in [0.15, 0.2) is 29.2 Å². The molecule has 1 unspecified atom stereocenters. The maximum Gasteiger partial charge on any atom is 0.329 e. The highest BCUT2D eigenvalue weighted by Crippen LogP contribution is 2.17. The van der Waals surface area contributed by atoms with Crippen LogP contribution in [-0.2, 0) is 24.3 Å². The zero-order valence-electron chi connectivity index (χ0n) is 20.5. The Morgan fingerprint density at radius 1 is 1.03 bits per heavy atom. The van der Waals surface area contributed by atoms with Crippen LogP contribution in [-0.4, -0.2) is 62.3 Å². The number of rotatable bonds is 12. The molecule has 186 valence electrons. The van der Waals surface area contributed by atoms with Gasteiger partial charge < -0.3 is 15.4 Å². The smallest absolute Gasteiger partial charge is 0.329 e. The van der Waals surface area contributed by atoms with Crippen molar-refractivity contribution in [2.75, 3.05) is 19.6 Å². The van der Waals surface area contributed by atoms with E-state index in [0.717, 1.165) is 0 Å². The van der Waals surface area contributed by atoms with Crippen molar-refractivity contribution in [3.05, 3.63) is 29.8 Å². The third-order valence-corrected chi connectivity index (χ3v) is 7.04. The molecule has 0 fully saturated rings. The number of carbonyl (C=O) groups excluding carboxylic acids is 3. The fraction of sp³-hybridized carbons (Fsp3) is 0.609. The average Bonchev–Trinajstić information content (AvgIpc) is 2.75. The number of nitrogens with zero attached hydrogens (tertiary/aromatic N) is 1. The normalized spacial score (nSPS) is 13.6. The molecule has 2 amide bonds. The van der Waals surface area contributed by atoms with Gasteiger partial charge in [0.2, 0.25) is 10.0 Å². The quantitative estimate of drug-likeness (QED) is 0.440. The van der Waals surface area contributed by atoms with Gasteiger partial charge >= 0.3 is 5.97 Å². The third-order valence-electron chi connectivity index (χ3n) is 4.99. The number of benzene rings is 1. The first-order chi connectivity index (χ1) is 15.3. The second-order valence-electron chi connectivity index (χ2n) is 8.53. The summed E-state index contributed by atoms with van der Waals surface area (Å²) >= 11 is 0. The first-order valence-electron chi connectivity index (χ1n) is 11.2. The van der Waals surface area contributed by atoms with Gasteiger partial charge in [-0.3, -0.25) is 9.59 Å². The fourth-order valence-corrected chi connectivity index (χ4v) is 4.49. The molecule has 0 aliphatic heterocycles. The van der Waals surface area contributed by atoms with Crippen LogP contribution in [0.1, 0.15) is 58.8 Å². The van der Waals surface area contributed by atoms with Crippen molar-refractivity contribution in [2.45, 2.75) is 65.5 Å². The summed E-state index contributed by atoms with van der Waals surface area (Å²) in [4.78, 5) is 37.6. The summed E-state index contributed by atoms with van der Waals surface area (Å²) in [5.74, 6) is -1.84. The predicted molar refractivity (Wildman–Crippen MR) is 126 cm³/mol. The van der Waals surface area contributed by atoms with Crippen molar-refractivity contribution < 1.29 is 27.5 Å². The van der Waals surface area contributed by atoms with Gasteiger partial charge in [0, 0.05) is 25.2 Å². The predicted octanol–water partition coefficient (Wildman–Crippen LogP) is 2.18. The van der Waals surface area contributed by atoms with Gasteiger partial charge in [0.25, 0.3) is 11.8 Å². The monoisotopic (exact) mass is 483 g/mol. The van der Waals surface area contributed by atoms with E-state index in [0.29, 0.717) is 19.6 Å². The van der Waals surface area contributed by atoms with E-state index in [-0.39, 0.29) is 22.3 Å². The van der Waals surface area contributed by atoms with Gasteiger partial charge in [0.15, 0.2) is 6.10 Å². The number of esters is 1. The minimum Gasteiger partial charge on any atom is -0.451 e. The first-order valence-corrected chi connectivity index (χ1v) is 12.7. The van der Waals surface area contributed by atoms with Crippen molar-refractivity contribution in [3.8, 4) is 0 Å². The molecule has 0 aliphatic carbocycles. The molecule has 0 aromatic heterocycles. The number of nitrogens with one attached hydrogen (secondary N) is 2. The molecule has 1 aromatic rings. The second kappa shape index (κ2) is 12.7. The molecule has 33 heavy (non-hydrogen) atoms. The first kappa shape index (κ1) is 28.6. The van der Waals surface area contributed by atoms with Gasteiger partial charge in [0.05, 0.1) is 4.90 Å². The third kappa shape index (κ3) is 8.12. The fourth-order valence-electron chi connectivity index (χ4n) is 2.98. The van der Waals surface area contributed by atoms with E-state index in [1.807, 2.05) is 13.8 Å². The molecular formula is C23H37N3O6S. The molecule has 0 heterocycles. The van der Waals surface area contributed by atoms with Crippen LogP contribution in [0, 0.1) is 11.8 Å². The minimum atomic E-state index is -3.74. The Morgan fingerprint density at radius 2 is 1.64 bits per heavy atom. The van der Waals surface area contributed by atoms with Crippen LogP contribution in [0.5, 0.6) is 0 Å². The lowest BCUT2D eigenvalue weighted by Gasteiger charge is -2.23. The van der Waals surface area contributed by atoms with Gasteiger partial charge in [-0.25, -0.2) is 13.2 Å². The summed E-state index contributed by atoms with van der Waals surface area (Å²) in [5, 5.41) is 5.31. The molecule has 0 radical (unpaired) electrons. The summed E-state index contributed by atoms with van der Waals surface area (Å²) in [6.45, 7) is 13.4. The van der Waals surface area contributed by atoms with E-state index in [1.54, 1.807) is 27.7 Å². The molecule has 0 bridgehead atoms. The molecule has 2 atom stereocenters. The number of hydrogen-bond acceptors (Lipinski definition) is 6. The highest BCUT2D eigenvalue weighted by Gasteiger charge is 2.30. The molecule has 10 heteroatoms. The zero-order chi connectivity index (χ0) is 25.3. The van der Waals surface area contributed by atoms with Crippen molar-refractivity contribution in [2.24, 2.45) is 11.8 Å².